The van der Waals surface area contributed by atoms with Gasteiger partial charge in [-0.05, 0) is 74.5 Å². The van der Waals surface area contributed by atoms with E-state index in [0.29, 0.717) is 12.2 Å². The smallest absolute Gasteiger partial charge is 0.263 e. The Morgan fingerprint density at radius 3 is 2.57 bits per heavy atom. The van der Waals surface area contributed by atoms with Crippen LogP contribution in [-0.2, 0) is 22.2 Å². The van der Waals surface area contributed by atoms with E-state index in [1.165, 1.54) is 12.8 Å². The van der Waals surface area contributed by atoms with Gasteiger partial charge < -0.3 is 19.3 Å². The largest absolute Gasteiger partial charge is 0.480 e. The normalized spacial score (nSPS) is 18.9. The van der Waals surface area contributed by atoms with Gasteiger partial charge in [-0.25, -0.2) is 4.21 Å². The number of rotatable bonds is 9. The first kappa shape index (κ1) is 27.2. The van der Waals surface area contributed by atoms with Gasteiger partial charge in [0.05, 0.1) is 6.04 Å². The molecule has 0 aromatic heterocycles. The van der Waals surface area contributed by atoms with Gasteiger partial charge in [-0.1, -0.05) is 51.1 Å². The van der Waals surface area contributed by atoms with Crippen LogP contribution in [0.5, 0.6) is 5.75 Å². The van der Waals surface area contributed by atoms with Crippen LogP contribution in [0.15, 0.2) is 48.5 Å². The van der Waals surface area contributed by atoms with Crippen molar-refractivity contribution in [3.8, 4) is 5.75 Å². The summed E-state index contributed by atoms with van der Waals surface area (Å²) in [6.45, 7) is 9.05. The molecule has 2 aliphatic rings. The number of ether oxygens (including phenoxy) is 1. The number of hydrogen-bond donors (Lipinski definition) is 1. The summed E-state index contributed by atoms with van der Waals surface area (Å²) in [5.41, 5.74) is 3.05. The average molecular weight is 500 g/mol. The minimum Gasteiger partial charge on any atom is -0.480 e. The summed E-state index contributed by atoms with van der Waals surface area (Å²) in [5, 5.41) is 0. The molecule has 1 saturated heterocycles. The molecule has 2 unspecified atom stereocenters. The number of anilines is 1. The number of amides is 1. The number of likely N-dealkylation sites (tertiary alicyclic amines) is 1. The maximum absolute atomic E-state index is 13.5. The summed E-state index contributed by atoms with van der Waals surface area (Å²) in [6.07, 6.45) is 4.24. The molecule has 1 N–H and O–H groups in total. The molecule has 2 heterocycles. The second-order valence-electron chi connectivity index (χ2n) is 9.00. The van der Waals surface area contributed by atoms with E-state index >= 15 is 0 Å². The Balaban J connectivity index is 0.00000167. The fraction of sp³-hybridized carbons (Fsp3) is 0.536. The van der Waals surface area contributed by atoms with Crippen LogP contribution in [-0.4, -0.2) is 58.5 Å². The Labute approximate surface area is 213 Å². The highest BCUT2D eigenvalue weighted by atomic mass is 32.2. The van der Waals surface area contributed by atoms with Crippen molar-refractivity contribution < 1.29 is 13.7 Å². The van der Waals surface area contributed by atoms with Crippen molar-refractivity contribution in [2.24, 2.45) is 0 Å². The van der Waals surface area contributed by atoms with E-state index in [4.69, 9.17) is 4.74 Å². The van der Waals surface area contributed by atoms with Gasteiger partial charge in [-0.15, -0.1) is 0 Å². The summed E-state index contributed by atoms with van der Waals surface area (Å²) in [5.74, 6) is 1.40. The number of likely N-dealkylation sites (N-methyl/N-ethyl adjacent to an activating group) is 1. The van der Waals surface area contributed by atoms with E-state index in [2.05, 4.69) is 21.8 Å². The highest BCUT2D eigenvalue weighted by molar-refractivity contribution is 7.86. The third-order valence-corrected chi connectivity index (χ3v) is 7.77. The summed E-state index contributed by atoms with van der Waals surface area (Å²) in [7, 11) is 0.834. The first-order valence-electron chi connectivity index (χ1n) is 13.0. The molecule has 1 amide bonds. The molecule has 0 spiro atoms. The van der Waals surface area contributed by atoms with Gasteiger partial charge in [-0.2, -0.15) is 0 Å². The molecule has 4 rings (SSSR count). The van der Waals surface area contributed by atoms with Crippen molar-refractivity contribution >= 4 is 22.6 Å². The van der Waals surface area contributed by atoms with Gasteiger partial charge in [0.15, 0.2) is 6.10 Å². The number of nitrogens with one attached hydrogen (secondary N) is 1. The van der Waals surface area contributed by atoms with E-state index in [1.807, 2.05) is 69.1 Å². The lowest BCUT2D eigenvalue weighted by molar-refractivity contribution is -0.140. The first-order chi connectivity index (χ1) is 17.0. The number of fused-ring (bicyclic) bond motifs is 1. The minimum absolute atomic E-state index is 0.00178. The quantitative estimate of drug-likeness (QED) is 0.516. The van der Waals surface area contributed by atoms with E-state index in [1.54, 1.807) is 0 Å². The zero-order valence-electron chi connectivity index (χ0n) is 21.7. The fourth-order valence-electron chi connectivity index (χ4n) is 4.71. The monoisotopic (exact) mass is 499 g/mol. The van der Waals surface area contributed by atoms with Crippen LogP contribution >= 0.6 is 0 Å². The Morgan fingerprint density at radius 1 is 1.17 bits per heavy atom. The Kier molecular flexibility index (Phi) is 10.6. The SMILES string of the molecule is CC.CCCS(=O)Nc1ccc2c(c1)CC[C@@H](C(=O)N(C)C(CN1CCCC1)c1ccccc1)O2. The molecule has 7 heteroatoms. The lowest BCUT2D eigenvalue weighted by Gasteiger charge is -2.35. The van der Waals surface area contributed by atoms with Crippen LogP contribution in [0.4, 0.5) is 5.69 Å². The maximum atomic E-state index is 13.5. The molecule has 3 atom stereocenters. The van der Waals surface area contributed by atoms with Crippen LogP contribution in [0.1, 0.15) is 63.6 Å². The standard InChI is InChI=1S/C26H35N3O3S.C2H6/c1-3-17-33(31)27-22-12-14-24-21(18-22)11-13-25(32-24)26(30)28(2)23(19-29-15-7-8-16-29)20-9-5-4-6-10-20;1-2/h4-6,9-10,12,14,18,23,25,27H,3,7-8,11,13,15-17,19H2,1-2H3;1-2H3/t23?,25-,33?;/m0./s1. The van der Waals surface area contributed by atoms with E-state index in [0.717, 1.165) is 55.0 Å². The molecule has 6 nitrogen and oxygen atoms in total. The lowest BCUT2D eigenvalue weighted by Crippen LogP contribution is -2.45. The van der Waals surface area contributed by atoms with E-state index in [9.17, 15) is 9.00 Å². The molecule has 0 saturated carbocycles. The number of benzene rings is 2. The number of hydrogen-bond acceptors (Lipinski definition) is 4. The molecule has 2 aromatic carbocycles. The van der Waals surface area contributed by atoms with Gasteiger partial charge in [0.25, 0.3) is 5.91 Å². The predicted octanol–water partition coefficient (Wildman–Crippen LogP) is 5.19. The summed E-state index contributed by atoms with van der Waals surface area (Å²) < 4.78 is 21.2. The molecular weight excluding hydrogens is 458 g/mol. The van der Waals surface area contributed by atoms with Crippen molar-refractivity contribution in [2.75, 3.05) is 37.2 Å². The Morgan fingerprint density at radius 2 is 1.89 bits per heavy atom. The van der Waals surface area contributed by atoms with Crippen molar-refractivity contribution in [3.63, 3.8) is 0 Å². The van der Waals surface area contributed by atoms with Gasteiger partial charge in [0, 0.05) is 25.0 Å². The molecule has 2 aliphatic heterocycles. The molecule has 2 aromatic rings. The molecule has 0 radical (unpaired) electrons. The zero-order valence-corrected chi connectivity index (χ0v) is 22.5. The van der Waals surface area contributed by atoms with Crippen LogP contribution in [0, 0.1) is 0 Å². The molecule has 0 bridgehead atoms. The lowest BCUT2D eigenvalue weighted by atomic mass is 9.99. The molecule has 35 heavy (non-hydrogen) atoms. The zero-order chi connectivity index (χ0) is 25.2. The number of carbonyl (C=O) groups excluding carboxylic acids is 1. The van der Waals surface area contributed by atoms with Gasteiger partial charge >= 0.3 is 0 Å². The second-order valence-corrected chi connectivity index (χ2v) is 10.3. The summed E-state index contributed by atoms with van der Waals surface area (Å²) >= 11 is 0. The highest BCUT2D eigenvalue weighted by Crippen LogP contribution is 2.32. The average Bonchev–Trinajstić information content (AvgIpc) is 3.41. The van der Waals surface area contributed by atoms with Crippen molar-refractivity contribution in [1.29, 1.82) is 0 Å². The number of aryl methyl sites for hydroxylation is 1. The van der Waals surface area contributed by atoms with E-state index < -0.39 is 17.1 Å². The molecule has 1 fully saturated rings. The van der Waals surface area contributed by atoms with Crippen LogP contribution in [0.25, 0.3) is 0 Å². The van der Waals surface area contributed by atoms with Crippen molar-refractivity contribution in [2.45, 2.75) is 65.0 Å². The summed E-state index contributed by atoms with van der Waals surface area (Å²) in [6, 6.07) is 16.1. The first-order valence-corrected chi connectivity index (χ1v) is 14.4. The molecule has 192 valence electrons. The van der Waals surface area contributed by atoms with Crippen LogP contribution < -0.4 is 9.46 Å². The van der Waals surface area contributed by atoms with Gasteiger partial charge in [-0.3, -0.25) is 4.79 Å². The number of carbonyl (C=O) groups is 1. The van der Waals surface area contributed by atoms with Crippen molar-refractivity contribution in [3.05, 3.63) is 59.7 Å². The van der Waals surface area contributed by atoms with Crippen molar-refractivity contribution in [1.82, 2.24) is 9.80 Å². The fourth-order valence-corrected chi connectivity index (χ4v) is 5.57. The Bertz CT molecular complexity index is 963. The second kappa shape index (κ2) is 13.6. The van der Waals surface area contributed by atoms with Crippen LogP contribution in [0.2, 0.25) is 0 Å². The third kappa shape index (κ3) is 7.31. The third-order valence-electron chi connectivity index (χ3n) is 6.53. The van der Waals surface area contributed by atoms with Gasteiger partial charge in [0.1, 0.15) is 16.7 Å². The number of nitrogens with zero attached hydrogens (tertiary/aromatic N) is 2. The maximum Gasteiger partial charge on any atom is 0.263 e. The van der Waals surface area contributed by atoms with Crippen LogP contribution in [0.3, 0.4) is 0 Å². The topological polar surface area (TPSA) is 61.9 Å². The predicted molar refractivity (Wildman–Crippen MR) is 145 cm³/mol. The van der Waals surface area contributed by atoms with Gasteiger partial charge in [0.2, 0.25) is 0 Å². The Hall–Kier alpha value is -2.38. The summed E-state index contributed by atoms with van der Waals surface area (Å²) in [4.78, 5) is 17.8. The minimum atomic E-state index is -1.07. The highest BCUT2D eigenvalue weighted by Gasteiger charge is 2.33. The molecule has 0 aliphatic carbocycles. The van der Waals surface area contributed by atoms with E-state index in [-0.39, 0.29) is 11.9 Å². The molecular formula is C28H41N3O3S.